The third kappa shape index (κ3) is 3.82. The maximum absolute atomic E-state index is 13.6. The second-order valence-electron chi connectivity index (χ2n) is 7.12. The normalized spacial score (nSPS) is 15.0. The Morgan fingerprint density at radius 2 is 1.87 bits per heavy atom. The lowest BCUT2D eigenvalue weighted by molar-refractivity contribution is 0.186. The van der Waals surface area contributed by atoms with Crippen molar-refractivity contribution in [3.8, 4) is 5.75 Å². The van der Waals surface area contributed by atoms with Crippen LogP contribution in [0.1, 0.15) is 5.56 Å². The maximum atomic E-state index is 13.6. The zero-order valence-electron chi connectivity index (χ0n) is 16.9. The zero-order chi connectivity index (χ0) is 21.3. The Kier molecular flexibility index (Phi) is 6.06. The van der Waals surface area contributed by atoms with E-state index in [1.807, 2.05) is 18.2 Å². The number of ether oxygens (including phenoxy) is 2. The molecule has 2 heterocycles. The molecule has 0 unspecified atom stereocenters. The van der Waals surface area contributed by atoms with Gasteiger partial charge < -0.3 is 19.7 Å². The molecule has 3 aromatic rings. The molecule has 0 spiro atoms. The molecule has 9 heteroatoms. The maximum Gasteiger partial charge on any atom is 0.268 e. The predicted octanol–water partition coefficient (Wildman–Crippen LogP) is 3.21. The van der Waals surface area contributed by atoms with Crippen molar-refractivity contribution in [1.29, 1.82) is 0 Å². The van der Waals surface area contributed by atoms with Crippen LogP contribution in [0, 0.1) is 0 Å². The van der Waals surface area contributed by atoms with Crippen molar-refractivity contribution >= 4 is 42.5 Å². The Morgan fingerprint density at radius 1 is 1.10 bits per heavy atom. The van der Waals surface area contributed by atoms with E-state index in [0.29, 0.717) is 17.9 Å². The van der Waals surface area contributed by atoms with Gasteiger partial charge in [0.1, 0.15) is 5.75 Å². The fourth-order valence-corrected chi connectivity index (χ4v) is 5.56. The summed E-state index contributed by atoms with van der Waals surface area (Å²) >= 11 is 3.45. The second-order valence-corrected chi connectivity index (χ2v) is 9.85. The highest BCUT2D eigenvalue weighted by Crippen LogP contribution is 2.34. The van der Waals surface area contributed by atoms with Crippen LogP contribution in [0.5, 0.6) is 5.75 Å². The van der Waals surface area contributed by atoms with Gasteiger partial charge in [-0.15, -0.1) is 0 Å². The summed E-state index contributed by atoms with van der Waals surface area (Å²) in [6.07, 6.45) is 1.64. The zero-order valence-corrected chi connectivity index (χ0v) is 19.3. The van der Waals surface area contributed by atoms with Crippen molar-refractivity contribution in [2.24, 2.45) is 0 Å². The molecule has 1 fully saturated rings. The van der Waals surface area contributed by atoms with Crippen molar-refractivity contribution < 1.29 is 17.9 Å². The van der Waals surface area contributed by atoms with Crippen LogP contribution < -0.4 is 15.0 Å². The standard InChI is InChI=1S/C21H24BrN3O4S/c1-28-14-15-13-25(19-11-16(22)3-5-18(15)19)30(26,27)17-4-6-21(29-2)20(12-17)24-9-7-23-8-10-24/h3-6,11-13,23H,7-10,14H2,1-2H3. The minimum Gasteiger partial charge on any atom is -0.495 e. The molecule has 1 aromatic heterocycles. The van der Waals surface area contributed by atoms with Crippen molar-refractivity contribution in [3.05, 3.63) is 52.6 Å². The van der Waals surface area contributed by atoms with Crippen LogP contribution in [-0.2, 0) is 21.4 Å². The van der Waals surface area contributed by atoms with E-state index in [2.05, 4.69) is 26.1 Å². The number of benzene rings is 2. The predicted molar refractivity (Wildman–Crippen MR) is 121 cm³/mol. The summed E-state index contributed by atoms with van der Waals surface area (Å²) in [6, 6.07) is 10.6. The Hall–Kier alpha value is -2.07. The molecular formula is C21H24BrN3O4S. The summed E-state index contributed by atoms with van der Waals surface area (Å²) in [6.45, 7) is 3.59. The molecule has 0 atom stereocenters. The first-order valence-corrected chi connectivity index (χ1v) is 11.9. The van der Waals surface area contributed by atoms with Crippen molar-refractivity contribution in [1.82, 2.24) is 9.29 Å². The third-order valence-corrected chi connectivity index (χ3v) is 7.44. The minimum atomic E-state index is -3.82. The van der Waals surface area contributed by atoms with Gasteiger partial charge in [0, 0.05) is 54.9 Å². The van der Waals surface area contributed by atoms with E-state index < -0.39 is 10.0 Å². The fraction of sp³-hybridized carbons (Fsp3) is 0.333. The third-order valence-electron chi connectivity index (χ3n) is 5.28. The SMILES string of the molecule is COCc1cn(S(=O)(=O)c2ccc(OC)c(N3CCNCC3)c2)c2cc(Br)ccc12. The van der Waals surface area contributed by atoms with Gasteiger partial charge in [-0.1, -0.05) is 22.0 Å². The number of nitrogens with zero attached hydrogens (tertiary/aromatic N) is 2. The molecule has 1 aliphatic rings. The summed E-state index contributed by atoms with van der Waals surface area (Å²) in [7, 11) is -0.626. The Balaban J connectivity index is 1.85. The largest absolute Gasteiger partial charge is 0.495 e. The van der Waals surface area contributed by atoms with Crippen LogP contribution >= 0.6 is 15.9 Å². The molecule has 4 rings (SSSR count). The van der Waals surface area contributed by atoms with Gasteiger partial charge in [0.05, 0.1) is 29.8 Å². The number of rotatable bonds is 6. The molecule has 1 saturated heterocycles. The quantitative estimate of drug-likeness (QED) is 0.568. The van der Waals surface area contributed by atoms with Crippen LogP contribution in [0.25, 0.3) is 10.9 Å². The van der Waals surface area contributed by atoms with Gasteiger partial charge in [0.25, 0.3) is 10.0 Å². The molecule has 0 radical (unpaired) electrons. The monoisotopic (exact) mass is 493 g/mol. The van der Waals surface area contributed by atoms with Crippen molar-refractivity contribution in [2.45, 2.75) is 11.5 Å². The number of piperazine rings is 1. The first-order chi connectivity index (χ1) is 14.5. The van der Waals surface area contributed by atoms with E-state index in [1.165, 1.54) is 3.97 Å². The van der Waals surface area contributed by atoms with Gasteiger partial charge >= 0.3 is 0 Å². The highest BCUT2D eigenvalue weighted by molar-refractivity contribution is 9.10. The minimum absolute atomic E-state index is 0.220. The Morgan fingerprint density at radius 3 is 2.57 bits per heavy atom. The molecule has 2 aromatic carbocycles. The van der Waals surface area contributed by atoms with Gasteiger partial charge in [-0.25, -0.2) is 12.4 Å². The first-order valence-electron chi connectivity index (χ1n) is 9.63. The van der Waals surface area contributed by atoms with Crippen LogP contribution in [-0.4, -0.2) is 52.8 Å². The first kappa shape index (κ1) is 21.2. The number of nitrogens with one attached hydrogen (secondary N) is 1. The molecule has 0 amide bonds. The summed E-state index contributed by atoms with van der Waals surface area (Å²) in [5.41, 5.74) is 2.21. The number of halogens is 1. The molecule has 160 valence electrons. The van der Waals surface area contributed by atoms with Gasteiger partial charge in [0.2, 0.25) is 0 Å². The molecule has 30 heavy (non-hydrogen) atoms. The number of hydrogen-bond acceptors (Lipinski definition) is 6. The van der Waals surface area contributed by atoms with Gasteiger partial charge in [0.15, 0.2) is 0 Å². The lowest BCUT2D eigenvalue weighted by Gasteiger charge is -2.30. The number of fused-ring (bicyclic) bond motifs is 1. The van der Waals surface area contributed by atoms with E-state index in [9.17, 15) is 8.42 Å². The van der Waals surface area contributed by atoms with Crippen LogP contribution in [0.4, 0.5) is 5.69 Å². The van der Waals surface area contributed by atoms with E-state index in [4.69, 9.17) is 9.47 Å². The molecule has 0 aliphatic carbocycles. The van der Waals surface area contributed by atoms with Crippen LogP contribution in [0.15, 0.2) is 52.0 Å². The highest BCUT2D eigenvalue weighted by atomic mass is 79.9. The number of aromatic nitrogens is 1. The molecule has 0 bridgehead atoms. The fourth-order valence-electron chi connectivity index (χ4n) is 3.81. The Labute approximate surface area is 184 Å². The van der Waals surface area contributed by atoms with Crippen molar-refractivity contribution in [3.63, 3.8) is 0 Å². The van der Waals surface area contributed by atoms with E-state index >= 15 is 0 Å². The average molecular weight is 494 g/mol. The molecule has 0 saturated carbocycles. The second kappa shape index (κ2) is 8.58. The summed E-state index contributed by atoms with van der Waals surface area (Å²) < 4.78 is 40.2. The summed E-state index contributed by atoms with van der Waals surface area (Å²) in [4.78, 5) is 2.37. The van der Waals surface area contributed by atoms with Gasteiger partial charge in [-0.05, 0) is 30.3 Å². The number of hydrogen-bond donors (Lipinski definition) is 1. The van der Waals surface area contributed by atoms with E-state index in [0.717, 1.165) is 47.3 Å². The lowest BCUT2D eigenvalue weighted by Crippen LogP contribution is -2.43. The highest BCUT2D eigenvalue weighted by Gasteiger charge is 2.24. The smallest absolute Gasteiger partial charge is 0.268 e. The van der Waals surface area contributed by atoms with Crippen LogP contribution in [0.3, 0.4) is 0 Å². The summed E-state index contributed by atoms with van der Waals surface area (Å²) in [5.74, 6) is 0.663. The topological polar surface area (TPSA) is 72.8 Å². The van der Waals surface area contributed by atoms with Crippen LogP contribution in [0.2, 0.25) is 0 Å². The Bertz CT molecular complexity index is 1170. The average Bonchev–Trinajstić information content (AvgIpc) is 3.12. The molecular weight excluding hydrogens is 470 g/mol. The number of anilines is 1. The molecule has 1 N–H and O–H groups in total. The summed E-state index contributed by atoms with van der Waals surface area (Å²) in [5, 5.41) is 4.16. The van der Waals surface area contributed by atoms with Gasteiger partial charge in [-0.2, -0.15) is 0 Å². The molecule has 7 nitrogen and oxygen atoms in total. The van der Waals surface area contributed by atoms with Crippen molar-refractivity contribution in [2.75, 3.05) is 45.3 Å². The number of methoxy groups -OCH3 is 2. The van der Waals surface area contributed by atoms with E-state index in [-0.39, 0.29) is 4.90 Å². The van der Waals surface area contributed by atoms with E-state index in [1.54, 1.807) is 38.6 Å². The van der Waals surface area contributed by atoms with Gasteiger partial charge in [-0.3, -0.25) is 0 Å². The lowest BCUT2D eigenvalue weighted by atomic mass is 10.2. The molecule has 1 aliphatic heterocycles.